The zero-order valence-corrected chi connectivity index (χ0v) is 11.1. The molecule has 1 N–H and O–H groups in total. The van der Waals surface area contributed by atoms with Crippen molar-refractivity contribution in [1.29, 1.82) is 5.26 Å². The lowest BCUT2D eigenvalue weighted by Crippen LogP contribution is -2.29. The Kier molecular flexibility index (Phi) is 4.20. The molecule has 1 aliphatic rings. The number of hydrogen-bond donors (Lipinski definition) is 1. The van der Waals surface area contributed by atoms with Gasteiger partial charge in [-0.2, -0.15) is 5.26 Å². The van der Waals surface area contributed by atoms with Crippen molar-refractivity contribution in [1.82, 2.24) is 5.32 Å². The predicted octanol–water partition coefficient (Wildman–Crippen LogP) is 0.989. The minimum atomic E-state index is -3.04. The number of sulfone groups is 1. The zero-order valence-electron chi connectivity index (χ0n) is 10.2. The van der Waals surface area contributed by atoms with Gasteiger partial charge in [-0.25, -0.2) is 8.42 Å². The van der Waals surface area contributed by atoms with Crippen LogP contribution >= 0.6 is 0 Å². The second kappa shape index (κ2) is 5.87. The number of nitriles is 1. The Morgan fingerprint density at radius 3 is 2.89 bits per heavy atom. The van der Waals surface area contributed by atoms with Gasteiger partial charge >= 0.3 is 0 Å². The molecule has 5 nitrogen and oxygen atoms in total. The largest absolute Gasteiger partial charge is 0.478 e. The minimum absolute atomic E-state index is 0.00523. The van der Waals surface area contributed by atoms with Crippen LogP contribution in [0.4, 0.5) is 0 Å². The molecule has 0 radical (unpaired) electrons. The molecule has 1 unspecified atom stereocenters. The number of nitrogens with zero attached hydrogens (tertiary/aromatic N) is 1. The molecule has 19 heavy (non-hydrogen) atoms. The normalized spacial score (nSPS) is 20.1. The highest BCUT2D eigenvalue weighted by Gasteiger charge is 2.21. The van der Waals surface area contributed by atoms with Gasteiger partial charge in [0, 0.05) is 23.6 Å². The van der Waals surface area contributed by atoms with Crippen molar-refractivity contribution in [2.24, 2.45) is 0 Å². The van der Waals surface area contributed by atoms with Crippen LogP contribution in [0.3, 0.4) is 0 Å². The van der Waals surface area contributed by atoms with Crippen LogP contribution < -0.4 is 10.1 Å². The molecule has 1 aromatic carbocycles. The van der Waals surface area contributed by atoms with Gasteiger partial charge in [-0.1, -0.05) is 24.3 Å². The van der Waals surface area contributed by atoms with Gasteiger partial charge in [0.25, 0.3) is 0 Å². The molecule has 0 fully saturated rings. The Morgan fingerprint density at radius 1 is 1.42 bits per heavy atom. The van der Waals surface area contributed by atoms with Crippen molar-refractivity contribution in [3.63, 3.8) is 0 Å². The van der Waals surface area contributed by atoms with E-state index in [0.29, 0.717) is 12.3 Å². The van der Waals surface area contributed by atoms with Crippen LogP contribution in [0.2, 0.25) is 0 Å². The summed E-state index contributed by atoms with van der Waals surface area (Å²) in [7, 11) is -3.04. The molecule has 1 atom stereocenters. The molecule has 1 aromatic rings. The van der Waals surface area contributed by atoms with E-state index in [0.717, 1.165) is 5.56 Å². The SMILES string of the molecule is N#CCOc1ccccc1CNC1C=CS(=O)(=O)C1. The average Bonchev–Trinajstić information content (AvgIpc) is 2.74. The maximum atomic E-state index is 11.3. The smallest absolute Gasteiger partial charge is 0.174 e. The lowest BCUT2D eigenvalue weighted by molar-refractivity contribution is 0.362. The first-order valence-electron chi connectivity index (χ1n) is 5.83. The van der Waals surface area contributed by atoms with Crippen molar-refractivity contribution < 1.29 is 13.2 Å². The fourth-order valence-electron chi connectivity index (χ4n) is 1.84. The first-order chi connectivity index (χ1) is 9.11. The molecule has 0 aromatic heterocycles. The summed E-state index contributed by atoms with van der Waals surface area (Å²) in [4.78, 5) is 0. The molecule has 0 saturated heterocycles. The lowest BCUT2D eigenvalue weighted by Gasteiger charge is -2.13. The quantitative estimate of drug-likeness (QED) is 0.869. The summed E-state index contributed by atoms with van der Waals surface area (Å²) in [6.45, 7) is 0.487. The van der Waals surface area contributed by atoms with E-state index in [9.17, 15) is 8.42 Å². The summed E-state index contributed by atoms with van der Waals surface area (Å²) in [5.41, 5.74) is 0.899. The fraction of sp³-hybridized carbons (Fsp3) is 0.308. The Labute approximate surface area is 112 Å². The summed E-state index contributed by atoms with van der Waals surface area (Å²) in [6, 6.07) is 9.12. The van der Waals surface area contributed by atoms with E-state index in [1.54, 1.807) is 12.1 Å². The van der Waals surface area contributed by atoms with Gasteiger partial charge in [-0.15, -0.1) is 0 Å². The maximum absolute atomic E-state index is 11.3. The molecule has 2 rings (SSSR count). The second-order valence-corrected chi connectivity index (χ2v) is 6.13. The minimum Gasteiger partial charge on any atom is -0.478 e. The molecule has 0 bridgehead atoms. The van der Waals surface area contributed by atoms with Gasteiger partial charge in [0.15, 0.2) is 16.4 Å². The molecule has 0 spiro atoms. The number of hydrogen-bond acceptors (Lipinski definition) is 5. The number of para-hydroxylation sites is 1. The van der Waals surface area contributed by atoms with Crippen molar-refractivity contribution >= 4 is 9.84 Å². The van der Waals surface area contributed by atoms with E-state index in [1.165, 1.54) is 5.41 Å². The van der Waals surface area contributed by atoms with Crippen LogP contribution in [-0.4, -0.2) is 26.8 Å². The molecule has 1 aliphatic heterocycles. The van der Waals surface area contributed by atoms with Crippen LogP contribution in [-0.2, 0) is 16.4 Å². The summed E-state index contributed by atoms with van der Waals surface area (Å²) in [5.74, 6) is 0.732. The molecule has 1 heterocycles. The highest BCUT2D eigenvalue weighted by Crippen LogP contribution is 2.18. The van der Waals surface area contributed by atoms with Gasteiger partial charge in [0.05, 0.1) is 5.75 Å². The number of nitrogens with one attached hydrogen (secondary N) is 1. The van der Waals surface area contributed by atoms with E-state index in [4.69, 9.17) is 10.00 Å². The van der Waals surface area contributed by atoms with Gasteiger partial charge in [0.1, 0.15) is 11.8 Å². The lowest BCUT2D eigenvalue weighted by atomic mass is 10.2. The average molecular weight is 278 g/mol. The van der Waals surface area contributed by atoms with E-state index in [-0.39, 0.29) is 18.4 Å². The first-order valence-corrected chi connectivity index (χ1v) is 7.54. The van der Waals surface area contributed by atoms with Crippen molar-refractivity contribution in [3.8, 4) is 11.8 Å². The molecule has 100 valence electrons. The summed E-state index contributed by atoms with van der Waals surface area (Å²) in [5, 5.41) is 12.9. The van der Waals surface area contributed by atoms with E-state index in [2.05, 4.69) is 5.32 Å². The molecular formula is C13H14N2O3S. The van der Waals surface area contributed by atoms with Crippen molar-refractivity contribution in [2.45, 2.75) is 12.6 Å². The van der Waals surface area contributed by atoms with E-state index in [1.807, 2.05) is 24.3 Å². The highest BCUT2D eigenvalue weighted by atomic mass is 32.2. The van der Waals surface area contributed by atoms with Crippen LogP contribution in [0.1, 0.15) is 5.56 Å². The van der Waals surface area contributed by atoms with Gasteiger partial charge in [-0.3, -0.25) is 0 Å². The standard InChI is InChI=1S/C13H14N2O3S/c14-6-7-18-13-4-2-1-3-11(13)9-15-12-5-8-19(16,17)10-12/h1-5,8,12,15H,7,9-10H2. The van der Waals surface area contributed by atoms with E-state index < -0.39 is 9.84 Å². The molecule has 0 saturated carbocycles. The van der Waals surface area contributed by atoms with Crippen LogP contribution in [0.15, 0.2) is 35.7 Å². The molecular weight excluding hydrogens is 264 g/mol. The molecule has 6 heteroatoms. The third kappa shape index (κ3) is 3.81. The summed E-state index contributed by atoms with van der Waals surface area (Å²) >= 11 is 0. The monoisotopic (exact) mass is 278 g/mol. The fourth-order valence-corrected chi connectivity index (χ4v) is 3.11. The third-order valence-electron chi connectivity index (χ3n) is 2.75. The topological polar surface area (TPSA) is 79.2 Å². The summed E-state index contributed by atoms with van der Waals surface area (Å²) in [6.07, 6.45) is 1.65. The molecule has 0 aliphatic carbocycles. The number of ether oxygens (including phenoxy) is 1. The Morgan fingerprint density at radius 2 is 2.21 bits per heavy atom. The highest BCUT2D eigenvalue weighted by molar-refractivity contribution is 7.94. The Hall–Kier alpha value is -1.84. The predicted molar refractivity (Wildman–Crippen MR) is 71.1 cm³/mol. The van der Waals surface area contributed by atoms with Gasteiger partial charge in [-0.05, 0) is 6.07 Å². The Balaban J connectivity index is 1.97. The maximum Gasteiger partial charge on any atom is 0.174 e. The van der Waals surface area contributed by atoms with Crippen molar-refractivity contribution in [3.05, 3.63) is 41.3 Å². The Bertz CT molecular complexity index is 617. The number of benzene rings is 1. The van der Waals surface area contributed by atoms with Gasteiger partial charge < -0.3 is 10.1 Å². The third-order valence-corrected chi connectivity index (χ3v) is 4.15. The van der Waals surface area contributed by atoms with Crippen LogP contribution in [0, 0.1) is 11.3 Å². The second-order valence-electron chi connectivity index (χ2n) is 4.20. The number of rotatable bonds is 5. The zero-order chi connectivity index (χ0) is 13.7. The van der Waals surface area contributed by atoms with Crippen LogP contribution in [0.25, 0.3) is 0 Å². The molecule has 0 amide bonds. The van der Waals surface area contributed by atoms with Crippen molar-refractivity contribution in [2.75, 3.05) is 12.4 Å². The van der Waals surface area contributed by atoms with Crippen LogP contribution in [0.5, 0.6) is 5.75 Å². The van der Waals surface area contributed by atoms with E-state index >= 15 is 0 Å². The summed E-state index contributed by atoms with van der Waals surface area (Å²) < 4.78 is 27.9. The van der Waals surface area contributed by atoms with Gasteiger partial charge in [0.2, 0.25) is 0 Å². The first kappa shape index (κ1) is 13.6.